The number of nitrogens with zero attached hydrogens (tertiary/aromatic N) is 1. The number of hydrazine groups is 1. The standard InChI is InChI=1S/C9H12N2O2/c1-2-11(10)8-5-3-4-7(6-8)9(12)13/h3-6H,2,10H2,1H3,(H,12,13). The maximum absolute atomic E-state index is 10.6. The molecule has 0 radical (unpaired) electrons. The summed E-state index contributed by atoms with van der Waals surface area (Å²) in [6.07, 6.45) is 0. The molecule has 0 aromatic heterocycles. The number of rotatable bonds is 3. The molecular weight excluding hydrogens is 168 g/mol. The minimum absolute atomic E-state index is 0.251. The lowest BCUT2D eigenvalue weighted by Gasteiger charge is -2.16. The molecule has 0 unspecified atom stereocenters. The van der Waals surface area contributed by atoms with Crippen LogP contribution in [0.25, 0.3) is 0 Å². The van der Waals surface area contributed by atoms with Crippen molar-refractivity contribution in [1.82, 2.24) is 0 Å². The Hall–Kier alpha value is -1.55. The number of hydrogen-bond donors (Lipinski definition) is 2. The van der Waals surface area contributed by atoms with Gasteiger partial charge >= 0.3 is 5.97 Å². The summed E-state index contributed by atoms with van der Waals surface area (Å²) in [5.41, 5.74) is 0.962. The molecular formula is C9H12N2O2. The van der Waals surface area contributed by atoms with E-state index in [9.17, 15) is 4.79 Å². The summed E-state index contributed by atoms with van der Waals surface area (Å²) in [5.74, 6) is 4.67. The summed E-state index contributed by atoms with van der Waals surface area (Å²) < 4.78 is 0. The lowest BCUT2D eigenvalue weighted by molar-refractivity contribution is 0.0697. The Labute approximate surface area is 76.6 Å². The van der Waals surface area contributed by atoms with Gasteiger partial charge in [0.25, 0.3) is 0 Å². The first-order valence-corrected chi connectivity index (χ1v) is 4.00. The number of aromatic carboxylic acids is 1. The fourth-order valence-electron chi connectivity index (χ4n) is 1.00. The molecule has 13 heavy (non-hydrogen) atoms. The van der Waals surface area contributed by atoms with Gasteiger partial charge in [0.1, 0.15) is 0 Å². The highest BCUT2D eigenvalue weighted by atomic mass is 16.4. The van der Waals surface area contributed by atoms with E-state index in [-0.39, 0.29) is 5.56 Å². The second kappa shape index (κ2) is 3.91. The first kappa shape index (κ1) is 9.54. The molecule has 0 saturated heterocycles. The van der Waals surface area contributed by atoms with E-state index >= 15 is 0 Å². The van der Waals surface area contributed by atoms with Crippen LogP contribution in [0.4, 0.5) is 5.69 Å². The maximum atomic E-state index is 10.6. The van der Waals surface area contributed by atoms with Gasteiger partial charge < -0.3 is 10.1 Å². The summed E-state index contributed by atoms with van der Waals surface area (Å²) in [7, 11) is 0. The van der Waals surface area contributed by atoms with Crippen molar-refractivity contribution >= 4 is 11.7 Å². The zero-order valence-electron chi connectivity index (χ0n) is 7.40. The van der Waals surface area contributed by atoms with Crippen LogP contribution < -0.4 is 10.9 Å². The van der Waals surface area contributed by atoms with Crippen LogP contribution >= 0.6 is 0 Å². The van der Waals surface area contributed by atoms with Crippen molar-refractivity contribution in [2.24, 2.45) is 5.84 Å². The van der Waals surface area contributed by atoms with Gasteiger partial charge in [-0.1, -0.05) is 6.07 Å². The Morgan fingerprint density at radius 1 is 1.62 bits per heavy atom. The van der Waals surface area contributed by atoms with Crippen molar-refractivity contribution in [1.29, 1.82) is 0 Å². The zero-order valence-corrected chi connectivity index (χ0v) is 7.40. The van der Waals surface area contributed by atoms with Gasteiger partial charge in [-0.15, -0.1) is 0 Å². The summed E-state index contributed by atoms with van der Waals surface area (Å²) in [5, 5.41) is 10.2. The lowest BCUT2D eigenvalue weighted by atomic mass is 10.2. The van der Waals surface area contributed by atoms with Crippen LogP contribution in [-0.2, 0) is 0 Å². The highest BCUT2D eigenvalue weighted by Crippen LogP contribution is 2.12. The molecule has 0 aliphatic heterocycles. The van der Waals surface area contributed by atoms with E-state index in [2.05, 4.69) is 0 Å². The fraction of sp³-hybridized carbons (Fsp3) is 0.222. The van der Waals surface area contributed by atoms with Crippen LogP contribution in [0.2, 0.25) is 0 Å². The number of carboxylic acids is 1. The fourth-order valence-corrected chi connectivity index (χ4v) is 1.00. The molecule has 0 atom stereocenters. The summed E-state index contributed by atoms with van der Waals surface area (Å²) in [6.45, 7) is 2.54. The molecule has 0 saturated carbocycles. The molecule has 0 spiro atoms. The van der Waals surface area contributed by atoms with Gasteiger partial charge in [-0.3, -0.25) is 0 Å². The van der Waals surface area contributed by atoms with Gasteiger partial charge in [0.05, 0.1) is 11.3 Å². The molecule has 0 aliphatic carbocycles. The van der Waals surface area contributed by atoms with Crippen molar-refractivity contribution in [3.05, 3.63) is 29.8 Å². The molecule has 4 heteroatoms. The molecule has 0 aliphatic rings. The van der Waals surface area contributed by atoms with E-state index in [0.29, 0.717) is 12.2 Å². The van der Waals surface area contributed by atoms with Crippen LogP contribution in [0.5, 0.6) is 0 Å². The molecule has 70 valence electrons. The minimum Gasteiger partial charge on any atom is -0.478 e. The van der Waals surface area contributed by atoms with Crippen LogP contribution in [-0.4, -0.2) is 17.6 Å². The van der Waals surface area contributed by atoms with E-state index < -0.39 is 5.97 Å². The van der Waals surface area contributed by atoms with Gasteiger partial charge in [0.2, 0.25) is 0 Å². The van der Waals surface area contributed by atoms with E-state index in [4.69, 9.17) is 10.9 Å². The van der Waals surface area contributed by atoms with Crippen molar-refractivity contribution in [2.45, 2.75) is 6.92 Å². The van der Waals surface area contributed by atoms with Crippen LogP contribution in [0.1, 0.15) is 17.3 Å². The second-order valence-electron chi connectivity index (χ2n) is 2.64. The molecule has 0 bridgehead atoms. The monoisotopic (exact) mass is 180 g/mol. The van der Waals surface area contributed by atoms with Gasteiger partial charge in [0, 0.05) is 6.54 Å². The summed E-state index contributed by atoms with van der Waals surface area (Å²) >= 11 is 0. The molecule has 4 nitrogen and oxygen atoms in total. The predicted octanol–water partition coefficient (Wildman–Crippen LogP) is 1.08. The molecule has 1 rings (SSSR count). The molecule has 0 amide bonds. The first-order valence-electron chi connectivity index (χ1n) is 4.00. The topological polar surface area (TPSA) is 66.6 Å². The Morgan fingerprint density at radius 3 is 2.85 bits per heavy atom. The normalized spacial score (nSPS) is 9.69. The Kier molecular flexibility index (Phi) is 2.87. The van der Waals surface area contributed by atoms with Crippen LogP contribution in [0.3, 0.4) is 0 Å². The number of hydrogen-bond acceptors (Lipinski definition) is 3. The van der Waals surface area contributed by atoms with Gasteiger partial charge in [0.15, 0.2) is 0 Å². The number of carbonyl (C=O) groups is 1. The van der Waals surface area contributed by atoms with Gasteiger partial charge in [-0.05, 0) is 25.1 Å². The van der Waals surface area contributed by atoms with E-state index in [1.807, 2.05) is 6.92 Å². The molecule has 1 aromatic carbocycles. The third kappa shape index (κ3) is 2.19. The first-order chi connectivity index (χ1) is 6.15. The third-order valence-corrected chi connectivity index (χ3v) is 1.77. The highest BCUT2D eigenvalue weighted by molar-refractivity contribution is 5.88. The third-order valence-electron chi connectivity index (χ3n) is 1.77. The Morgan fingerprint density at radius 2 is 2.31 bits per heavy atom. The largest absolute Gasteiger partial charge is 0.478 e. The van der Waals surface area contributed by atoms with Crippen LogP contribution in [0.15, 0.2) is 24.3 Å². The highest BCUT2D eigenvalue weighted by Gasteiger charge is 2.04. The second-order valence-corrected chi connectivity index (χ2v) is 2.64. The van der Waals surface area contributed by atoms with E-state index in [1.165, 1.54) is 11.1 Å². The number of nitrogens with two attached hydrogens (primary N) is 1. The molecule has 3 N–H and O–H groups in total. The maximum Gasteiger partial charge on any atom is 0.335 e. The zero-order chi connectivity index (χ0) is 9.84. The van der Waals surface area contributed by atoms with Crippen molar-refractivity contribution in [3.8, 4) is 0 Å². The SMILES string of the molecule is CCN(N)c1cccc(C(=O)O)c1. The smallest absolute Gasteiger partial charge is 0.335 e. The quantitative estimate of drug-likeness (QED) is 0.539. The van der Waals surface area contributed by atoms with E-state index in [0.717, 1.165) is 0 Å². The minimum atomic E-state index is -0.939. The molecule has 0 heterocycles. The predicted molar refractivity (Wildman–Crippen MR) is 50.6 cm³/mol. The van der Waals surface area contributed by atoms with Crippen molar-refractivity contribution in [2.75, 3.05) is 11.6 Å². The summed E-state index contributed by atoms with van der Waals surface area (Å²) in [4.78, 5) is 10.6. The van der Waals surface area contributed by atoms with E-state index in [1.54, 1.807) is 18.2 Å². The summed E-state index contributed by atoms with van der Waals surface area (Å²) in [6, 6.07) is 6.53. The Bertz CT molecular complexity index is 312. The van der Waals surface area contributed by atoms with Crippen molar-refractivity contribution < 1.29 is 9.90 Å². The van der Waals surface area contributed by atoms with Crippen molar-refractivity contribution in [3.63, 3.8) is 0 Å². The van der Waals surface area contributed by atoms with Gasteiger partial charge in [-0.25, -0.2) is 10.6 Å². The van der Waals surface area contributed by atoms with Crippen LogP contribution in [0, 0.1) is 0 Å². The number of benzene rings is 1. The average molecular weight is 180 g/mol. The molecule has 0 fully saturated rings. The lowest BCUT2D eigenvalue weighted by Crippen LogP contribution is -2.30. The number of carboxylic acid groups (broad SMARTS) is 1. The molecule has 1 aromatic rings. The van der Waals surface area contributed by atoms with Gasteiger partial charge in [-0.2, -0.15) is 0 Å². The Balaban J connectivity index is 2.98. The number of anilines is 1. The average Bonchev–Trinajstić information content (AvgIpc) is 2.17.